The zero-order valence-corrected chi connectivity index (χ0v) is 9.17. The number of carbonyl (C=O) groups excluding carboxylic acids is 1. The molecule has 2 N–H and O–H groups in total. The Balaban J connectivity index is 2.30. The van der Waals surface area contributed by atoms with Crippen LogP contribution in [0.1, 0.15) is 39.0 Å². The highest BCUT2D eigenvalue weighted by atomic mass is 16.2. The molecule has 1 saturated heterocycles. The molecule has 1 rings (SSSR count). The van der Waals surface area contributed by atoms with Crippen molar-refractivity contribution in [3.8, 4) is 0 Å². The molecule has 0 spiro atoms. The molecule has 1 unspecified atom stereocenters. The van der Waals surface area contributed by atoms with Gasteiger partial charge < -0.3 is 10.6 Å². The first-order valence-corrected chi connectivity index (χ1v) is 5.72. The molecule has 1 fully saturated rings. The zero-order valence-electron chi connectivity index (χ0n) is 9.17. The summed E-state index contributed by atoms with van der Waals surface area (Å²) >= 11 is 0. The third-order valence-corrected chi connectivity index (χ3v) is 2.98. The van der Waals surface area contributed by atoms with Gasteiger partial charge in [-0.3, -0.25) is 4.79 Å². The SMILES string of the molecule is CC1CCC(=O)N(CCCCN)CC1. The van der Waals surface area contributed by atoms with Crippen molar-refractivity contribution in [3.63, 3.8) is 0 Å². The molecule has 3 heteroatoms. The molecule has 1 aliphatic heterocycles. The molecule has 0 aromatic rings. The predicted octanol–water partition coefficient (Wildman–Crippen LogP) is 1.37. The van der Waals surface area contributed by atoms with E-state index in [4.69, 9.17) is 5.73 Å². The van der Waals surface area contributed by atoms with Crippen molar-refractivity contribution in [2.45, 2.75) is 39.0 Å². The highest BCUT2D eigenvalue weighted by molar-refractivity contribution is 5.76. The number of nitrogens with two attached hydrogens (primary N) is 1. The average molecular weight is 198 g/mol. The molecule has 0 radical (unpaired) electrons. The second kappa shape index (κ2) is 6.02. The summed E-state index contributed by atoms with van der Waals surface area (Å²) in [5.74, 6) is 1.05. The fourth-order valence-electron chi connectivity index (χ4n) is 1.86. The summed E-state index contributed by atoms with van der Waals surface area (Å²) in [6.45, 7) is 4.82. The van der Waals surface area contributed by atoms with Crippen molar-refractivity contribution in [3.05, 3.63) is 0 Å². The van der Waals surface area contributed by atoms with E-state index in [1.807, 2.05) is 4.90 Å². The highest BCUT2D eigenvalue weighted by Gasteiger charge is 2.19. The van der Waals surface area contributed by atoms with Gasteiger partial charge in [0, 0.05) is 19.5 Å². The lowest BCUT2D eigenvalue weighted by atomic mass is 10.0. The molecular weight excluding hydrogens is 176 g/mol. The molecule has 82 valence electrons. The highest BCUT2D eigenvalue weighted by Crippen LogP contribution is 2.17. The lowest BCUT2D eigenvalue weighted by molar-refractivity contribution is -0.130. The minimum absolute atomic E-state index is 0.339. The number of hydrogen-bond acceptors (Lipinski definition) is 2. The smallest absolute Gasteiger partial charge is 0.222 e. The molecule has 0 aromatic heterocycles. The fourth-order valence-corrected chi connectivity index (χ4v) is 1.86. The van der Waals surface area contributed by atoms with Crippen LogP contribution >= 0.6 is 0 Å². The van der Waals surface area contributed by atoms with Gasteiger partial charge in [-0.25, -0.2) is 0 Å². The van der Waals surface area contributed by atoms with Gasteiger partial charge in [0.25, 0.3) is 0 Å². The molecule has 14 heavy (non-hydrogen) atoms. The number of rotatable bonds is 4. The Bertz CT molecular complexity index is 182. The molecule has 1 heterocycles. The maximum absolute atomic E-state index is 11.6. The Morgan fingerprint density at radius 2 is 2.21 bits per heavy atom. The Morgan fingerprint density at radius 1 is 1.43 bits per heavy atom. The third-order valence-electron chi connectivity index (χ3n) is 2.98. The maximum atomic E-state index is 11.6. The number of carbonyl (C=O) groups is 1. The van der Waals surface area contributed by atoms with E-state index in [2.05, 4.69) is 6.92 Å². The minimum Gasteiger partial charge on any atom is -0.343 e. The van der Waals surface area contributed by atoms with E-state index in [9.17, 15) is 4.79 Å². The Morgan fingerprint density at radius 3 is 2.93 bits per heavy atom. The zero-order chi connectivity index (χ0) is 10.4. The standard InChI is InChI=1S/C11H22N2O/c1-10-4-5-11(14)13(9-6-10)8-3-2-7-12/h10H,2-9,12H2,1H3. The van der Waals surface area contributed by atoms with E-state index in [0.717, 1.165) is 51.7 Å². The molecular formula is C11H22N2O. The summed E-state index contributed by atoms with van der Waals surface area (Å²) in [6, 6.07) is 0. The molecule has 3 nitrogen and oxygen atoms in total. The summed E-state index contributed by atoms with van der Waals surface area (Å²) in [5.41, 5.74) is 5.43. The third kappa shape index (κ3) is 3.66. The molecule has 1 atom stereocenters. The minimum atomic E-state index is 0.339. The second-order valence-corrected chi connectivity index (χ2v) is 4.31. The van der Waals surface area contributed by atoms with Crippen LogP contribution in [0.15, 0.2) is 0 Å². The van der Waals surface area contributed by atoms with E-state index in [1.165, 1.54) is 0 Å². The van der Waals surface area contributed by atoms with Crippen LogP contribution in [0.25, 0.3) is 0 Å². The summed E-state index contributed by atoms with van der Waals surface area (Å²) in [6.07, 6.45) is 5.04. The first-order valence-electron chi connectivity index (χ1n) is 5.72. The average Bonchev–Trinajstić information content (AvgIpc) is 2.33. The van der Waals surface area contributed by atoms with Crippen molar-refractivity contribution in [2.24, 2.45) is 11.7 Å². The van der Waals surface area contributed by atoms with Crippen molar-refractivity contribution in [1.29, 1.82) is 0 Å². The monoisotopic (exact) mass is 198 g/mol. The topological polar surface area (TPSA) is 46.3 Å². The summed E-state index contributed by atoms with van der Waals surface area (Å²) in [7, 11) is 0. The lowest BCUT2D eigenvalue weighted by Crippen LogP contribution is -2.31. The number of unbranched alkanes of at least 4 members (excludes halogenated alkanes) is 1. The van der Waals surface area contributed by atoms with Gasteiger partial charge in [-0.15, -0.1) is 0 Å². The van der Waals surface area contributed by atoms with Gasteiger partial charge in [0.05, 0.1) is 0 Å². The maximum Gasteiger partial charge on any atom is 0.222 e. The van der Waals surface area contributed by atoms with Gasteiger partial charge in [0.2, 0.25) is 5.91 Å². The number of likely N-dealkylation sites (tertiary alicyclic amines) is 1. The van der Waals surface area contributed by atoms with Crippen molar-refractivity contribution < 1.29 is 4.79 Å². The van der Waals surface area contributed by atoms with Crippen molar-refractivity contribution >= 4 is 5.91 Å². The van der Waals surface area contributed by atoms with Gasteiger partial charge in [0.15, 0.2) is 0 Å². The quantitative estimate of drug-likeness (QED) is 0.694. The second-order valence-electron chi connectivity index (χ2n) is 4.31. The molecule has 0 aliphatic carbocycles. The Kier molecular flexibility index (Phi) is 4.94. The van der Waals surface area contributed by atoms with Gasteiger partial charge in [0.1, 0.15) is 0 Å². The Labute approximate surface area is 86.6 Å². The fraction of sp³-hybridized carbons (Fsp3) is 0.909. The number of amides is 1. The first-order chi connectivity index (χ1) is 6.74. The normalized spacial score (nSPS) is 23.7. The number of nitrogens with zero attached hydrogens (tertiary/aromatic N) is 1. The largest absolute Gasteiger partial charge is 0.343 e. The van der Waals surface area contributed by atoms with Gasteiger partial charge in [-0.2, -0.15) is 0 Å². The molecule has 0 aromatic carbocycles. The lowest BCUT2D eigenvalue weighted by Gasteiger charge is -2.20. The van der Waals surface area contributed by atoms with Crippen molar-refractivity contribution in [2.75, 3.05) is 19.6 Å². The summed E-state index contributed by atoms with van der Waals surface area (Å²) in [4.78, 5) is 13.7. The molecule has 0 saturated carbocycles. The first kappa shape index (κ1) is 11.5. The van der Waals surface area contributed by atoms with Crippen LogP contribution in [0, 0.1) is 5.92 Å². The predicted molar refractivity (Wildman–Crippen MR) is 57.9 cm³/mol. The van der Waals surface area contributed by atoms with E-state index >= 15 is 0 Å². The molecule has 0 bridgehead atoms. The van der Waals surface area contributed by atoms with E-state index in [0.29, 0.717) is 11.8 Å². The van der Waals surface area contributed by atoms with Crippen LogP contribution in [0.3, 0.4) is 0 Å². The van der Waals surface area contributed by atoms with Crippen molar-refractivity contribution in [1.82, 2.24) is 4.90 Å². The van der Waals surface area contributed by atoms with Crippen LogP contribution < -0.4 is 5.73 Å². The number of hydrogen-bond donors (Lipinski definition) is 1. The van der Waals surface area contributed by atoms with Crippen LogP contribution in [0.4, 0.5) is 0 Å². The van der Waals surface area contributed by atoms with E-state index < -0.39 is 0 Å². The summed E-state index contributed by atoms with van der Waals surface area (Å²) < 4.78 is 0. The van der Waals surface area contributed by atoms with Gasteiger partial charge >= 0.3 is 0 Å². The van der Waals surface area contributed by atoms with Gasteiger partial charge in [-0.05, 0) is 38.1 Å². The van der Waals surface area contributed by atoms with Crippen LogP contribution in [0.2, 0.25) is 0 Å². The van der Waals surface area contributed by atoms with E-state index in [1.54, 1.807) is 0 Å². The van der Waals surface area contributed by atoms with Crippen LogP contribution in [0.5, 0.6) is 0 Å². The van der Waals surface area contributed by atoms with Crippen LogP contribution in [-0.4, -0.2) is 30.4 Å². The van der Waals surface area contributed by atoms with Gasteiger partial charge in [-0.1, -0.05) is 6.92 Å². The molecule has 1 aliphatic rings. The summed E-state index contributed by atoms with van der Waals surface area (Å²) in [5, 5.41) is 0. The van der Waals surface area contributed by atoms with E-state index in [-0.39, 0.29) is 0 Å². The Hall–Kier alpha value is -0.570. The molecule has 1 amide bonds. The van der Waals surface area contributed by atoms with Crippen LogP contribution in [-0.2, 0) is 4.79 Å².